The molecule has 0 aromatic carbocycles. The molecule has 0 amide bonds. The summed E-state index contributed by atoms with van der Waals surface area (Å²) in [6.07, 6.45) is 1.61. The quantitative estimate of drug-likeness (QED) is 0.245. The highest BCUT2D eigenvalue weighted by molar-refractivity contribution is 5.87. The smallest absolute Gasteiger partial charge is 0.333 e. The van der Waals surface area contributed by atoms with Crippen LogP contribution in [0.5, 0.6) is 0 Å². The second-order valence-electron chi connectivity index (χ2n) is 5.12. The van der Waals surface area contributed by atoms with Crippen LogP contribution in [0.25, 0.3) is 0 Å². The molecule has 1 atom stereocenters. The molecule has 150 valence electrons. The predicted octanol–water partition coefficient (Wildman–Crippen LogP) is 2.06. The molecule has 0 aliphatic heterocycles. The summed E-state index contributed by atoms with van der Waals surface area (Å²) in [6, 6.07) is 0. The third-order valence-electron chi connectivity index (χ3n) is 2.36. The Balaban J connectivity index is 0. The van der Waals surface area contributed by atoms with Crippen molar-refractivity contribution in [1.82, 2.24) is 0 Å². The maximum atomic E-state index is 10.8. The van der Waals surface area contributed by atoms with Gasteiger partial charge in [0.2, 0.25) is 0 Å². The van der Waals surface area contributed by atoms with Crippen molar-refractivity contribution >= 4 is 23.9 Å². The van der Waals surface area contributed by atoms with Crippen molar-refractivity contribution < 1.29 is 38.1 Å². The van der Waals surface area contributed by atoms with Gasteiger partial charge in [-0.3, -0.25) is 0 Å². The largest absolute Gasteiger partial charge is 0.459 e. The average Bonchev–Trinajstić information content (AvgIpc) is 2.62. The van der Waals surface area contributed by atoms with Crippen LogP contribution < -0.4 is 0 Å². The Morgan fingerprint density at radius 3 is 1.56 bits per heavy atom. The molecule has 0 bridgehead atoms. The molecule has 0 fully saturated rings. The number of hydrogen-bond acceptors (Lipinski definition) is 8. The van der Waals surface area contributed by atoms with Crippen LogP contribution >= 0.6 is 0 Å². The lowest BCUT2D eigenvalue weighted by molar-refractivity contribution is -0.151. The van der Waals surface area contributed by atoms with Crippen molar-refractivity contribution in [3.05, 3.63) is 49.6 Å². The molecular weight excluding hydrogens is 356 g/mol. The second kappa shape index (κ2) is 15.1. The molecule has 0 spiro atoms. The number of carbonyl (C=O) groups excluding carboxylic acids is 4. The number of esters is 4. The third-order valence-corrected chi connectivity index (χ3v) is 2.36. The molecule has 8 heteroatoms. The van der Waals surface area contributed by atoms with E-state index in [4.69, 9.17) is 4.74 Å². The maximum Gasteiger partial charge on any atom is 0.333 e. The fourth-order valence-electron chi connectivity index (χ4n) is 1.05. The van der Waals surface area contributed by atoms with Gasteiger partial charge >= 0.3 is 23.9 Å². The van der Waals surface area contributed by atoms with Gasteiger partial charge in [0.05, 0.1) is 0 Å². The number of ether oxygens (including phenoxy) is 4. The molecule has 0 aromatic rings. The van der Waals surface area contributed by atoms with E-state index in [1.54, 1.807) is 20.8 Å². The van der Waals surface area contributed by atoms with Gasteiger partial charge in [0.1, 0.15) is 25.9 Å². The zero-order valence-corrected chi connectivity index (χ0v) is 15.9. The van der Waals surface area contributed by atoms with E-state index in [9.17, 15) is 19.2 Å². The highest BCUT2D eigenvalue weighted by Gasteiger charge is 2.08. The number of hydrogen-bond donors (Lipinski definition) is 0. The molecular formula is C19H26O8. The highest BCUT2D eigenvalue weighted by Crippen LogP contribution is 1.95. The molecule has 0 rings (SSSR count). The Morgan fingerprint density at radius 1 is 0.815 bits per heavy atom. The Kier molecular flexibility index (Phi) is 14.6. The monoisotopic (exact) mass is 382 g/mol. The lowest BCUT2D eigenvalue weighted by Crippen LogP contribution is -2.20. The first-order chi connectivity index (χ1) is 12.5. The van der Waals surface area contributed by atoms with E-state index in [1.165, 1.54) is 0 Å². The standard InChI is InChI=1S/C10H14O4.C9H12O4/c1-7(2)9(11)13-5-6-14-10(12)8(3)4;1-4-8(10)12-6-7(3)13-9(11)5-2/h1,3,5-6H2,2,4H3;4-5,7H,1-2,6H2,3H3. The third kappa shape index (κ3) is 16.1. The summed E-state index contributed by atoms with van der Waals surface area (Å²) in [5, 5.41) is 0. The zero-order valence-electron chi connectivity index (χ0n) is 15.9. The van der Waals surface area contributed by atoms with E-state index >= 15 is 0 Å². The van der Waals surface area contributed by atoms with Crippen LogP contribution in [0, 0.1) is 0 Å². The summed E-state index contributed by atoms with van der Waals surface area (Å²) >= 11 is 0. The Bertz CT molecular complexity index is 561. The van der Waals surface area contributed by atoms with Crippen LogP contribution in [0.15, 0.2) is 49.6 Å². The zero-order chi connectivity index (χ0) is 21.4. The molecule has 0 radical (unpaired) electrons. The van der Waals surface area contributed by atoms with Crippen molar-refractivity contribution in [1.29, 1.82) is 0 Å². The van der Waals surface area contributed by atoms with Gasteiger partial charge in [0.15, 0.2) is 0 Å². The van der Waals surface area contributed by atoms with Crippen molar-refractivity contribution in [3.63, 3.8) is 0 Å². The van der Waals surface area contributed by atoms with Gasteiger partial charge in [-0.2, -0.15) is 0 Å². The Morgan fingerprint density at radius 2 is 1.22 bits per heavy atom. The van der Waals surface area contributed by atoms with Gasteiger partial charge in [-0.1, -0.05) is 26.3 Å². The van der Waals surface area contributed by atoms with E-state index in [1.807, 2.05) is 0 Å². The van der Waals surface area contributed by atoms with Crippen LogP contribution in [-0.4, -0.2) is 49.8 Å². The summed E-state index contributed by atoms with van der Waals surface area (Å²) in [5.74, 6) is -2.06. The first-order valence-electron chi connectivity index (χ1n) is 7.82. The van der Waals surface area contributed by atoms with Crippen LogP contribution in [-0.2, 0) is 38.1 Å². The van der Waals surface area contributed by atoms with Crippen LogP contribution in [0.1, 0.15) is 20.8 Å². The van der Waals surface area contributed by atoms with E-state index in [0.29, 0.717) is 11.1 Å². The maximum absolute atomic E-state index is 10.8. The minimum absolute atomic E-state index is 0.0183. The minimum atomic E-state index is -0.540. The van der Waals surface area contributed by atoms with Crippen molar-refractivity contribution in [2.75, 3.05) is 19.8 Å². The number of carbonyl (C=O) groups is 4. The normalized spacial score (nSPS) is 10.0. The summed E-state index contributed by atoms with van der Waals surface area (Å²) in [7, 11) is 0. The van der Waals surface area contributed by atoms with E-state index in [-0.39, 0.29) is 19.8 Å². The van der Waals surface area contributed by atoms with Gasteiger partial charge in [0.25, 0.3) is 0 Å². The molecule has 1 unspecified atom stereocenters. The fraction of sp³-hybridized carbons (Fsp3) is 0.368. The molecule has 27 heavy (non-hydrogen) atoms. The van der Waals surface area contributed by atoms with E-state index in [2.05, 4.69) is 40.5 Å². The van der Waals surface area contributed by atoms with Gasteiger partial charge in [0, 0.05) is 23.3 Å². The SMILES string of the molecule is C=C(C)C(=O)OCCOC(=O)C(=C)C.C=CC(=O)OCC(C)OC(=O)C=C. The second-order valence-corrected chi connectivity index (χ2v) is 5.12. The Labute approximate surface area is 159 Å². The molecule has 0 aromatic heterocycles. The summed E-state index contributed by atoms with van der Waals surface area (Å²) < 4.78 is 18.7. The summed E-state index contributed by atoms with van der Waals surface area (Å²) in [6.45, 7) is 18.0. The first kappa shape index (κ1) is 26.1. The predicted molar refractivity (Wildman–Crippen MR) is 98.5 cm³/mol. The Hall–Kier alpha value is -3.16. The lowest BCUT2D eigenvalue weighted by atomic mass is 10.4. The molecule has 0 saturated carbocycles. The average molecular weight is 382 g/mol. The molecule has 0 aliphatic rings. The van der Waals surface area contributed by atoms with E-state index < -0.39 is 30.0 Å². The van der Waals surface area contributed by atoms with Gasteiger partial charge in [-0.05, 0) is 20.8 Å². The fourth-order valence-corrected chi connectivity index (χ4v) is 1.05. The highest BCUT2D eigenvalue weighted by atomic mass is 16.6. The molecule has 0 N–H and O–H groups in total. The van der Waals surface area contributed by atoms with Gasteiger partial charge in [-0.15, -0.1) is 0 Å². The molecule has 0 heterocycles. The lowest BCUT2D eigenvalue weighted by Gasteiger charge is -2.10. The van der Waals surface area contributed by atoms with Crippen LogP contribution in [0.4, 0.5) is 0 Å². The van der Waals surface area contributed by atoms with Crippen molar-refractivity contribution in [3.8, 4) is 0 Å². The summed E-state index contributed by atoms with van der Waals surface area (Å²) in [4.78, 5) is 42.9. The van der Waals surface area contributed by atoms with Crippen LogP contribution in [0.2, 0.25) is 0 Å². The summed E-state index contributed by atoms with van der Waals surface area (Å²) in [5.41, 5.74) is 0.632. The van der Waals surface area contributed by atoms with Gasteiger partial charge < -0.3 is 18.9 Å². The first-order valence-corrected chi connectivity index (χ1v) is 7.82. The van der Waals surface area contributed by atoms with Crippen molar-refractivity contribution in [2.45, 2.75) is 26.9 Å². The van der Waals surface area contributed by atoms with E-state index in [0.717, 1.165) is 12.2 Å². The van der Waals surface area contributed by atoms with Gasteiger partial charge in [-0.25, -0.2) is 19.2 Å². The minimum Gasteiger partial charge on any atom is -0.459 e. The topological polar surface area (TPSA) is 105 Å². The molecule has 0 aliphatic carbocycles. The molecule has 0 saturated heterocycles. The molecule has 8 nitrogen and oxygen atoms in total. The van der Waals surface area contributed by atoms with Crippen LogP contribution in [0.3, 0.4) is 0 Å². The number of rotatable bonds is 10. The van der Waals surface area contributed by atoms with Crippen molar-refractivity contribution in [2.24, 2.45) is 0 Å².